The number of hydrogen-bond acceptors (Lipinski definition) is 4. The first kappa shape index (κ1) is 18.1. The fourth-order valence-electron chi connectivity index (χ4n) is 3.03. The van der Waals surface area contributed by atoms with E-state index in [1.54, 1.807) is 48.5 Å². The van der Waals surface area contributed by atoms with Crippen LogP contribution in [0.1, 0.15) is 32.4 Å². The quantitative estimate of drug-likeness (QED) is 0.576. The fraction of sp³-hybridized carbons (Fsp3) is 0.0476. The minimum Gasteiger partial charge on any atom is -0.508 e. The van der Waals surface area contributed by atoms with Crippen LogP contribution >= 0.6 is 15.9 Å². The van der Waals surface area contributed by atoms with Crippen molar-refractivity contribution in [3.63, 3.8) is 0 Å². The van der Waals surface area contributed by atoms with Gasteiger partial charge in [0.1, 0.15) is 11.9 Å². The summed E-state index contributed by atoms with van der Waals surface area (Å²) in [5.41, 5.74) is 5.01. The third-order valence-corrected chi connectivity index (χ3v) is 4.99. The van der Waals surface area contributed by atoms with Gasteiger partial charge in [0.15, 0.2) is 0 Å². The highest BCUT2D eigenvalue weighted by atomic mass is 79.9. The van der Waals surface area contributed by atoms with Gasteiger partial charge in [-0.25, -0.2) is 5.01 Å². The molecule has 2 amide bonds. The topological polar surface area (TPSA) is 81.7 Å². The molecule has 28 heavy (non-hydrogen) atoms. The summed E-state index contributed by atoms with van der Waals surface area (Å²) >= 11 is 3.34. The lowest BCUT2D eigenvalue weighted by atomic mass is 10.0. The lowest BCUT2D eigenvalue weighted by molar-refractivity contribution is 0.0491. The third kappa shape index (κ3) is 3.44. The fourth-order valence-corrected chi connectivity index (χ4v) is 3.30. The molecule has 1 unspecified atom stereocenters. The number of hydrazine groups is 1. The van der Waals surface area contributed by atoms with Crippen molar-refractivity contribution in [2.75, 3.05) is 5.32 Å². The van der Waals surface area contributed by atoms with E-state index in [1.807, 2.05) is 12.1 Å². The summed E-state index contributed by atoms with van der Waals surface area (Å²) in [7, 11) is 0. The standard InChI is InChI=1S/C21H16BrN3O3/c22-15-9-5-14(6-10-15)20(27)24-25-19(13-7-11-16(26)12-8-13)23-18-4-2-1-3-17(18)21(25)28/h1-12,19,23,26H,(H,24,27). The number of amides is 2. The van der Waals surface area contributed by atoms with Gasteiger partial charge in [-0.3, -0.25) is 15.0 Å². The van der Waals surface area contributed by atoms with E-state index in [9.17, 15) is 14.7 Å². The number of hydrogen-bond donors (Lipinski definition) is 3. The van der Waals surface area contributed by atoms with Crippen LogP contribution in [0.5, 0.6) is 5.75 Å². The van der Waals surface area contributed by atoms with Crippen LogP contribution in [0.25, 0.3) is 0 Å². The molecule has 4 rings (SSSR count). The molecule has 0 saturated heterocycles. The Morgan fingerprint density at radius 3 is 2.39 bits per heavy atom. The number of nitrogens with one attached hydrogen (secondary N) is 2. The highest BCUT2D eigenvalue weighted by Gasteiger charge is 2.34. The molecule has 3 aromatic carbocycles. The molecule has 1 atom stereocenters. The second-order valence-electron chi connectivity index (χ2n) is 6.31. The van der Waals surface area contributed by atoms with Gasteiger partial charge < -0.3 is 10.4 Å². The molecular weight excluding hydrogens is 422 g/mol. The van der Waals surface area contributed by atoms with Crippen LogP contribution in [0.4, 0.5) is 5.69 Å². The van der Waals surface area contributed by atoms with Crippen LogP contribution in [0.2, 0.25) is 0 Å². The Morgan fingerprint density at radius 1 is 1.00 bits per heavy atom. The SMILES string of the molecule is O=C(NN1C(=O)c2ccccc2NC1c1ccc(O)cc1)c1ccc(Br)cc1. The highest BCUT2D eigenvalue weighted by molar-refractivity contribution is 9.10. The van der Waals surface area contributed by atoms with Crippen LogP contribution in [0.15, 0.2) is 77.3 Å². The number of anilines is 1. The van der Waals surface area contributed by atoms with E-state index in [-0.39, 0.29) is 11.7 Å². The summed E-state index contributed by atoms with van der Waals surface area (Å²) < 4.78 is 0.857. The van der Waals surface area contributed by atoms with E-state index < -0.39 is 12.1 Å². The van der Waals surface area contributed by atoms with Crippen molar-refractivity contribution < 1.29 is 14.7 Å². The Hall–Kier alpha value is -3.32. The van der Waals surface area contributed by atoms with Gasteiger partial charge in [-0.05, 0) is 54.1 Å². The predicted molar refractivity (Wildman–Crippen MR) is 109 cm³/mol. The van der Waals surface area contributed by atoms with E-state index in [1.165, 1.54) is 17.1 Å². The second-order valence-corrected chi connectivity index (χ2v) is 7.22. The molecular formula is C21H16BrN3O3. The van der Waals surface area contributed by atoms with Crippen LogP contribution < -0.4 is 10.7 Å². The van der Waals surface area contributed by atoms with Crippen molar-refractivity contribution in [2.24, 2.45) is 0 Å². The number of carbonyl (C=O) groups is 2. The maximum Gasteiger partial charge on any atom is 0.276 e. The summed E-state index contributed by atoms with van der Waals surface area (Å²) in [4.78, 5) is 25.8. The number of phenols is 1. The molecule has 1 aliphatic heterocycles. The number of benzene rings is 3. The summed E-state index contributed by atoms with van der Waals surface area (Å²) in [5.74, 6) is -0.597. The first-order valence-electron chi connectivity index (χ1n) is 8.57. The van der Waals surface area contributed by atoms with E-state index in [0.29, 0.717) is 16.8 Å². The molecule has 0 aliphatic carbocycles. The second kappa shape index (κ2) is 7.36. The van der Waals surface area contributed by atoms with Crippen molar-refractivity contribution in [1.29, 1.82) is 0 Å². The van der Waals surface area contributed by atoms with Gasteiger partial charge in [0.25, 0.3) is 11.8 Å². The highest BCUT2D eigenvalue weighted by Crippen LogP contribution is 2.32. The largest absolute Gasteiger partial charge is 0.508 e. The lowest BCUT2D eigenvalue weighted by Gasteiger charge is -2.37. The summed E-state index contributed by atoms with van der Waals surface area (Å²) in [6.07, 6.45) is -0.623. The monoisotopic (exact) mass is 437 g/mol. The number of rotatable bonds is 3. The number of aromatic hydroxyl groups is 1. The van der Waals surface area contributed by atoms with Gasteiger partial charge in [0, 0.05) is 15.7 Å². The summed E-state index contributed by atoms with van der Waals surface area (Å²) in [5, 5.41) is 14.1. The molecule has 0 radical (unpaired) electrons. The minimum atomic E-state index is -0.623. The van der Waals surface area contributed by atoms with Gasteiger partial charge in [0.05, 0.1) is 5.56 Å². The molecule has 1 aliphatic rings. The number of nitrogens with zero attached hydrogens (tertiary/aromatic N) is 1. The zero-order valence-electron chi connectivity index (χ0n) is 14.6. The van der Waals surface area contributed by atoms with Crippen LogP contribution in [0.3, 0.4) is 0 Å². The first-order chi connectivity index (χ1) is 13.5. The Labute approximate surface area is 169 Å². The number of carbonyl (C=O) groups excluding carboxylic acids is 2. The number of para-hydroxylation sites is 1. The van der Waals surface area contributed by atoms with E-state index in [4.69, 9.17) is 0 Å². The molecule has 0 saturated carbocycles. The molecule has 140 valence electrons. The minimum absolute atomic E-state index is 0.122. The maximum absolute atomic E-state index is 13.1. The van der Waals surface area contributed by atoms with E-state index >= 15 is 0 Å². The Kier molecular flexibility index (Phi) is 4.75. The molecule has 6 nitrogen and oxygen atoms in total. The molecule has 0 fully saturated rings. The molecule has 1 heterocycles. The van der Waals surface area contributed by atoms with E-state index in [0.717, 1.165) is 10.0 Å². The van der Waals surface area contributed by atoms with Gasteiger partial charge in [-0.15, -0.1) is 0 Å². The zero-order chi connectivity index (χ0) is 19.7. The van der Waals surface area contributed by atoms with Crippen LogP contribution in [0, 0.1) is 0 Å². The molecule has 0 aromatic heterocycles. The Bertz CT molecular complexity index is 1040. The van der Waals surface area contributed by atoms with Crippen molar-refractivity contribution in [1.82, 2.24) is 10.4 Å². The number of fused-ring (bicyclic) bond motifs is 1. The maximum atomic E-state index is 13.1. The molecule has 0 spiro atoms. The van der Waals surface area contributed by atoms with E-state index in [2.05, 4.69) is 26.7 Å². The molecule has 3 N–H and O–H groups in total. The van der Waals surface area contributed by atoms with Crippen molar-refractivity contribution >= 4 is 33.4 Å². The van der Waals surface area contributed by atoms with Crippen LogP contribution in [-0.4, -0.2) is 21.9 Å². The summed E-state index contributed by atoms with van der Waals surface area (Å²) in [6.45, 7) is 0. The van der Waals surface area contributed by atoms with Gasteiger partial charge in [-0.2, -0.15) is 0 Å². The number of halogens is 1. The van der Waals surface area contributed by atoms with Crippen LogP contribution in [-0.2, 0) is 0 Å². The van der Waals surface area contributed by atoms with Gasteiger partial charge in [-0.1, -0.05) is 40.2 Å². The Morgan fingerprint density at radius 2 is 1.68 bits per heavy atom. The van der Waals surface area contributed by atoms with Crippen molar-refractivity contribution in [3.05, 3.63) is 94.0 Å². The van der Waals surface area contributed by atoms with Gasteiger partial charge in [0.2, 0.25) is 0 Å². The third-order valence-electron chi connectivity index (χ3n) is 4.46. The predicted octanol–water partition coefficient (Wildman–Crippen LogP) is 4.07. The number of phenolic OH excluding ortho intramolecular Hbond substituents is 1. The molecule has 3 aromatic rings. The van der Waals surface area contributed by atoms with Crippen molar-refractivity contribution in [3.8, 4) is 5.75 Å². The summed E-state index contributed by atoms with van der Waals surface area (Å²) in [6, 6.07) is 20.5. The molecule has 0 bridgehead atoms. The average molecular weight is 438 g/mol. The zero-order valence-corrected chi connectivity index (χ0v) is 16.2. The molecule has 7 heteroatoms. The smallest absolute Gasteiger partial charge is 0.276 e. The van der Waals surface area contributed by atoms with Crippen molar-refractivity contribution in [2.45, 2.75) is 6.17 Å². The Balaban J connectivity index is 1.70. The average Bonchev–Trinajstić information content (AvgIpc) is 2.71. The first-order valence-corrected chi connectivity index (χ1v) is 9.37. The normalized spacial score (nSPS) is 15.5. The lowest BCUT2D eigenvalue weighted by Crippen LogP contribution is -2.52. The van der Waals surface area contributed by atoms with Gasteiger partial charge >= 0.3 is 0 Å².